The number of hydrogen-bond acceptors (Lipinski definition) is 8. The highest BCUT2D eigenvalue weighted by Gasteiger charge is 2.52. The van der Waals surface area contributed by atoms with Gasteiger partial charge in [0, 0.05) is 31.3 Å². The molecule has 3 aliphatic heterocycles. The molecular formula is C33H33ClN4O6. The third kappa shape index (κ3) is 4.58. The number of nitrogens with zero attached hydrogens (tertiary/aromatic N) is 4. The fourth-order valence-electron chi connectivity index (χ4n) is 7.17. The number of rotatable bonds is 8. The lowest BCUT2D eigenvalue weighted by molar-refractivity contribution is -0.0722. The first kappa shape index (κ1) is 27.7. The van der Waals surface area contributed by atoms with Gasteiger partial charge in [0.1, 0.15) is 22.8 Å². The lowest BCUT2D eigenvalue weighted by Crippen LogP contribution is -2.36. The first-order valence-corrected chi connectivity index (χ1v) is 15.5. The highest BCUT2D eigenvalue weighted by Crippen LogP contribution is 2.56. The Morgan fingerprint density at radius 3 is 2.80 bits per heavy atom. The number of pyridine rings is 1. The van der Waals surface area contributed by atoms with Crippen LogP contribution in [0, 0.1) is 5.92 Å². The van der Waals surface area contributed by atoms with E-state index in [9.17, 15) is 9.90 Å². The van der Waals surface area contributed by atoms with Gasteiger partial charge in [-0.3, -0.25) is 9.88 Å². The van der Waals surface area contributed by atoms with Crippen molar-refractivity contribution in [1.82, 2.24) is 19.4 Å². The zero-order valence-corrected chi connectivity index (χ0v) is 25.3. The highest BCUT2D eigenvalue weighted by atomic mass is 35.5. The van der Waals surface area contributed by atoms with Crippen LogP contribution in [0.15, 0.2) is 48.7 Å². The quantitative estimate of drug-likeness (QED) is 0.270. The minimum atomic E-state index is -1.02. The number of fused-ring (bicyclic) bond motifs is 3. The van der Waals surface area contributed by atoms with Gasteiger partial charge in [-0.05, 0) is 68.0 Å². The molecule has 4 aliphatic rings. The molecule has 2 aromatic carbocycles. The van der Waals surface area contributed by atoms with E-state index in [4.69, 9.17) is 35.5 Å². The topological polar surface area (TPSA) is 108 Å². The SMILES string of the molecule is COc1cc(C(=O)O)cc2c1nc(CN1CC[C@@H](c3cccc4c3O[C@@](C)(c3ccc(Cl)cn3)O4)[C@@H]3C[C@@H]31)n2C[C@@H]1CCO1. The van der Waals surface area contributed by atoms with E-state index in [0.717, 1.165) is 55.3 Å². The molecule has 0 spiro atoms. The summed E-state index contributed by atoms with van der Waals surface area (Å²) in [6, 6.07) is 13.5. The van der Waals surface area contributed by atoms with Gasteiger partial charge in [-0.2, -0.15) is 0 Å². The van der Waals surface area contributed by atoms with Crippen LogP contribution in [-0.2, 0) is 23.6 Å². The van der Waals surface area contributed by atoms with Crippen LogP contribution in [0.3, 0.4) is 0 Å². The fourth-order valence-corrected chi connectivity index (χ4v) is 7.28. The number of methoxy groups -OCH3 is 1. The molecule has 1 N–H and O–H groups in total. The second-order valence-corrected chi connectivity index (χ2v) is 12.7. The molecule has 0 radical (unpaired) electrons. The molecule has 11 heteroatoms. The number of halogens is 1. The Balaban J connectivity index is 1.05. The smallest absolute Gasteiger partial charge is 0.335 e. The van der Waals surface area contributed by atoms with Crippen LogP contribution in [0.4, 0.5) is 0 Å². The lowest BCUT2D eigenvalue weighted by Gasteiger charge is -2.32. The van der Waals surface area contributed by atoms with E-state index in [1.54, 1.807) is 31.5 Å². The van der Waals surface area contributed by atoms with E-state index in [2.05, 4.69) is 20.5 Å². The fraction of sp³-hybridized carbons (Fsp3) is 0.424. The zero-order valence-electron chi connectivity index (χ0n) is 24.5. The Labute approximate surface area is 259 Å². The molecule has 0 bridgehead atoms. The Hall–Kier alpha value is -3.86. The number of imidazole rings is 1. The molecule has 1 aliphatic carbocycles. The number of aromatic nitrogens is 3. The molecular weight excluding hydrogens is 584 g/mol. The molecule has 2 aromatic heterocycles. The maximum atomic E-state index is 11.9. The van der Waals surface area contributed by atoms with Crippen molar-refractivity contribution in [3.63, 3.8) is 0 Å². The zero-order chi connectivity index (χ0) is 30.2. The van der Waals surface area contributed by atoms with E-state index >= 15 is 0 Å². The minimum Gasteiger partial charge on any atom is -0.494 e. The van der Waals surface area contributed by atoms with Gasteiger partial charge in [-0.25, -0.2) is 9.78 Å². The predicted octanol–water partition coefficient (Wildman–Crippen LogP) is 5.60. The van der Waals surface area contributed by atoms with Crippen molar-refractivity contribution in [2.45, 2.75) is 63.1 Å². The number of aromatic carboxylic acids is 1. The number of benzene rings is 2. The molecule has 5 heterocycles. The van der Waals surface area contributed by atoms with Gasteiger partial charge < -0.3 is 28.6 Å². The van der Waals surface area contributed by atoms with Crippen molar-refractivity contribution in [3.05, 3.63) is 76.3 Å². The third-order valence-corrected chi connectivity index (χ3v) is 9.83. The number of carbonyl (C=O) groups is 1. The number of ether oxygens (including phenoxy) is 4. The number of hydrogen-bond donors (Lipinski definition) is 1. The summed E-state index contributed by atoms with van der Waals surface area (Å²) < 4.78 is 26.3. The maximum Gasteiger partial charge on any atom is 0.335 e. The number of likely N-dealkylation sites (tertiary alicyclic amines) is 1. The van der Waals surface area contributed by atoms with E-state index < -0.39 is 11.8 Å². The van der Waals surface area contributed by atoms with Crippen LogP contribution < -0.4 is 14.2 Å². The summed E-state index contributed by atoms with van der Waals surface area (Å²) in [5.41, 5.74) is 3.50. The van der Waals surface area contributed by atoms with Crippen molar-refractivity contribution < 1.29 is 28.8 Å². The van der Waals surface area contributed by atoms with Gasteiger partial charge in [0.15, 0.2) is 11.5 Å². The summed E-state index contributed by atoms with van der Waals surface area (Å²) >= 11 is 6.07. The van der Waals surface area contributed by atoms with E-state index in [1.807, 2.05) is 25.1 Å². The molecule has 3 fully saturated rings. The largest absolute Gasteiger partial charge is 0.494 e. The molecule has 8 rings (SSSR count). The van der Waals surface area contributed by atoms with E-state index in [0.29, 0.717) is 52.9 Å². The summed E-state index contributed by atoms with van der Waals surface area (Å²) in [6.45, 7) is 4.86. The molecule has 5 atom stereocenters. The second-order valence-electron chi connectivity index (χ2n) is 12.3. The summed E-state index contributed by atoms with van der Waals surface area (Å²) in [5.74, 6) is 1.77. The van der Waals surface area contributed by atoms with Crippen LogP contribution >= 0.6 is 11.6 Å². The Morgan fingerprint density at radius 2 is 2.07 bits per heavy atom. The Kier molecular flexibility index (Phi) is 6.51. The third-order valence-electron chi connectivity index (χ3n) is 9.61. The van der Waals surface area contributed by atoms with Crippen LogP contribution in [0.25, 0.3) is 11.0 Å². The van der Waals surface area contributed by atoms with E-state index in [1.165, 1.54) is 5.56 Å². The van der Waals surface area contributed by atoms with Gasteiger partial charge in [0.05, 0.1) is 42.4 Å². The van der Waals surface area contributed by atoms with Crippen LogP contribution in [0.2, 0.25) is 5.02 Å². The number of carboxylic acids is 1. The van der Waals surface area contributed by atoms with Gasteiger partial charge in [0.25, 0.3) is 5.79 Å². The Bertz CT molecular complexity index is 1770. The molecule has 0 amide bonds. The number of piperidine rings is 1. The van der Waals surface area contributed by atoms with Gasteiger partial charge in [-0.15, -0.1) is 0 Å². The van der Waals surface area contributed by atoms with E-state index in [-0.39, 0.29) is 11.7 Å². The van der Waals surface area contributed by atoms with Gasteiger partial charge in [0.2, 0.25) is 0 Å². The van der Waals surface area contributed by atoms with Crippen LogP contribution in [0.1, 0.15) is 59.5 Å². The molecule has 228 valence electrons. The first-order chi connectivity index (χ1) is 21.3. The average Bonchev–Trinajstić information content (AvgIpc) is 3.61. The summed E-state index contributed by atoms with van der Waals surface area (Å²) in [6.07, 6.45) is 4.77. The molecule has 2 saturated heterocycles. The first-order valence-electron chi connectivity index (χ1n) is 15.1. The lowest BCUT2D eigenvalue weighted by atomic mass is 9.87. The van der Waals surface area contributed by atoms with Crippen LogP contribution in [0.5, 0.6) is 17.2 Å². The Morgan fingerprint density at radius 1 is 1.20 bits per heavy atom. The van der Waals surface area contributed by atoms with Crippen molar-refractivity contribution in [2.24, 2.45) is 5.92 Å². The van der Waals surface area contributed by atoms with Crippen LogP contribution in [-0.4, -0.2) is 62.9 Å². The molecule has 1 saturated carbocycles. The second kappa shape index (κ2) is 10.4. The molecule has 0 unspecified atom stereocenters. The molecule has 44 heavy (non-hydrogen) atoms. The average molecular weight is 617 g/mol. The van der Waals surface area contributed by atoms with Crippen molar-refractivity contribution >= 4 is 28.6 Å². The highest BCUT2D eigenvalue weighted by molar-refractivity contribution is 6.30. The van der Waals surface area contributed by atoms with Crippen molar-refractivity contribution in [3.8, 4) is 17.2 Å². The number of para-hydroxylation sites is 1. The van der Waals surface area contributed by atoms with Gasteiger partial charge >= 0.3 is 5.97 Å². The summed E-state index contributed by atoms with van der Waals surface area (Å²) in [7, 11) is 1.55. The molecule has 4 aromatic rings. The van der Waals surface area contributed by atoms with Crippen molar-refractivity contribution in [2.75, 3.05) is 20.3 Å². The standard InChI is InChI=1S/C33H33ClN4O6/c1-33(28-7-6-19(34)15-35-28)43-26-5-3-4-22(31(26)44-33)21-8-10-37(24-14-23(21)24)17-29-36-30-25(38(29)16-20-9-11-42-20)12-18(32(39)40)13-27(30)41-2/h3-7,12-13,15,20-21,23-24H,8-11,14,16-17H2,1-2H3,(H,39,40)/t20-,21-,23-,24-,33-/m0/s1. The summed E-state index contributed by atoms with van der Waals surface area (Å²) in [4.78, 5) is 23.9. The van der Waals surface area contributed by atoms with Crippen molar-refractivity contribution in [1.29, 1.82) is 0 Å². The minimum absolute atomic E-state index is 0.0983. The molecule has 10 nitrogen and oxygen atoms in total. The monoisotopic (exact) mass is 616 g/mol. The number of carboxylic acid groups (broad SMARTS) is 1. The maximum absolute atomic E-state index is 11.9. The normalized spacial score (nSPS) is 27.2. The summed E-state index contributed by atoms with van der Waals surface area (Å²) in [5, 5.41) is 10.3. The predicted molar refractivity (Wildman–Crippen MR) is 162 cm³/mol. The van der Waals surface area contributed by atoms with Gasteiger partial charge in [-0.1, -0.05) is 23.7 Å².